The smallest absolute Gasteiger partial charge is 0.315 e. The summed E-state index contributed by atoms with van der Waals surface area (Å²) in [6, 6.07) is 14.1. The van der Waals surface area contributed by atoms with E-state index in [0.29, 0.717) is 18.7 Å². The molecule has 3 N–H and O–H groups in total. The number of nitrogens with one attached hydrogen (secondary N) is 3. The number of urea groups is 1. The summed E-state index contributed by atoms with van der Waals surface area (Å²) in [6.07, 6.45) is 2.94. The number of benzene rings is 2. The molecule has 1 aliphatic carbocycles. The largest absolute Gasteiger partial charge is 0.497 e. The summed E-state index contributed by atoms with van der Waals surface area (Å²) in [5.74, 6) is 0.442. The Hall–Kier alpha value is -3.09. The molecule has 6 nitrogen and oxygen atoms in total. The second kappa shape index (κ2) is 11.2. The summed E-state index contributed by atoms with van der Waals surface area (Å²) in [6.45, 7) is 4.66. The minimum absolute atomic E-state index is 0.00169. The molecule has 3 rings (SSSR count). The van der Waals surface area contributed by atoms with Crippen LogP contribution in [0.15, 0.2) is 48.5 Å². The van der Waals surface area contributed by atoms with Crippen molar-refractivity contribution in [1.82, 2.24) is 16.0 Å². The van der Waals surface area contributed by atoms with Gasteiger partial charge in [-0.05, 0) is 55.0 Å². The Morgan fingerprint density at radius 3 is 2.30 bits per heavy atom. The van der Waals surface area contributed by atoms with Crippen LogP contribution in [0.2, 0.25) is 0 Å². The average Bonchev–Trinajstić information content (AvgIpc) is 2.82. The molecule has 0 aliphatic heterocycles. The highest BCUT2D eigenvalue weighted by Gasteiger charge is 2.29. The maximum absolute atomic E-state index is 14.1. The molecule has 33 heavy (non-hydrogen) atoms. The van der Waals surface area contributed by atoms with E-state index in [2.05, 4.69) is 16.0 Å². The SMILES string of the molecule is COc1ccc(CNC(=O)NC2CCC(C(=O)NCC(C)(C)c3ccccc3F)CC2)cc1. The van der Waals surface area contributed by atoms with E-state index in [0.717, 1.165) is 37.0 Å². The Labute approximate surface area is 195 Å². The number of carbonyl (C=O) groups is 2. The van der Waals surface area contributed by atoms with Crippen LogP contribution in [0.25, 0.3) is 0 Å². The van der Waals surface area contributed by atoms with Crippen LogP contribution in [0.5, 0.6) is 5.75 Å². The van der Waals surface area contributed by atoms with Crippen molar-refractivity contribution in [3.8, 4) is 5.75 Å². The van der Waals surface area contributed by atoms with E-state index in [-0.39, 0.29) is 29.7 Å². The van der Waals surface area contributed by atoms with Crippen molar-refractivity contribution in [3.05, 3.63) is 65.5 Å². The van der Waals surface area contributed by atoms with Gasteiger partial charge in [0.05, 0.1) is 7.11 Å². The lowest BCUT2D eigenvalue weighted by Gasteiger charge is -2.30. The monoisotopic (exact) mass is 455 g/mol. The van der Waals surface area contributed by atoms with Crippen LogP contribution in [0.3, 0.4) is 0 Å². The van der Waals surface area contributed by atoms with E-state index >= 15 is 0 Å². The number of methoxy groups -OCH3 is 1. The molecule has 2 aromatic carbocycles. The van der Waals surface area contributed by atoms with Crippen LogP contribution in [0.4, 0.5) is 9.18 Å². The molecule has 0 saturated heterocycles. The Bertz CT molecular complexity index is 938. The van der Waals surface area contributed by atoms with Crippen LogP contribution in [0.1, 0.15) is 50.7 Å². The molecule has 0 unspecified atom stereocenters. The first-order valence-corrected chi connectivity index (χ1v) is 11.5. The average molecular weight is 456 g/mol. The summed E-state index contributed by atoms with van der Waals surface area (Å²) < 4.78 is 19.3. The van der Waals surface area contributed by atoms with E-state index in [1.54, 1.807) is 19.2 Å². The van der Waals surface area contributed by atoms with Crippen LogP contribution >= 0.6 is 0 Å². The van der Waals surface area contributed by atoms with Crippen molar-refractivity contribution >= 4 is 11.9 Å². The fraction of sp³-hybridized carbons (Fsp3) is 0.462. The van der Waals surface area contributed by atoms with Gasteiger partial charge in [-0.1, -0.05) is 44.2 Å². The van der Waals surface area contributed by atoms with E-state index in [4.69, 9.17) is 4.74 Å². The molecule has 178 valence electrons. The second-order valence-electron chi connectivity index (χ2n) is 9.31. The van der Waals surface area contributed by atoms with Crippen LogP contribution in [-0.4, -0.2) is 31.6 Å². The van der Waals surface area contributed by atoms with Gasteiger partial charge in [-0.15, -0.1) is 0 Å². The number of rotatable bonds is 8. The van der Waals surface area contributed by atoms with Crippen molar-refractivity contribution in [3.63, 3.8) is 0 Å². The highest BCUT2D eigenvalue weighted by molar-refractivity contribution is 5.79. The van der Waals surface area contributed by atoms with Crippen molar-refractivity contribution in [2.24, 2.45) is 5.92 Å². The quantitative estimate of drug-likeness (QED) is 0.556. The molecule has 0 spiro atoms. The van der Waals surface area contributed by atoms with E-state index < -0.39 is 5.41 Å². The molecule has 0 atom stereocenters. The van der Waals surface area contributed by atoms with Crippen LogP contribution in [0, 0.1) is 11.7 Å². The molecule has 1 fully saturated rings. The first kappa shape index (κ1) is 24.6. The van der Waals surface area contributed by atoms with Gasteiger partial charge in [-0.2, -0.15) is 0 Å². The molecule has 3 amide bonds. The minimum Gasteiger partial charge on any atom is -0.497 e. The van der Waals surface area contributed by atoms with Crippen molar-refractivity contribution in [2.45, 2.75) is 57.5 Å². The zero-order chi connectivity index (χ0) is 23.8. The van der Waals surface area contributed by atoms with Gasteiger partial charge in [0.1, 0.15) is 11.6 Å². The summed E-state index contributed by atoms with van der Waals surface area (Å²) in [7, 11) is 1.62. The fourth-order valence-corrected chi connectivity index (χ4v) is 4.22. The van der Waals surface area contributed by atoms with Gasteiger partial charge in [0.25, 0.3) is 0 Å². The van der Waals surface area contributed by atoms with E-state index in [1.165, 1.54) is 6.07 Å². The van der Waals surface area contributed by atoms with Gasteiger partial charge in [-0.25, -0.2) is 9.18 Å². The third-order valence-electron chi connectivity index (χ3n) is 6.35. The molecule has 1 aliphatic rings. The van der Waals surface area contributed by atoms with Gasteiger partial charge >= 0.3 is 6.03 Å². The zero-order valence-corrected chi connectivity index (χ0v) is 19.6. The second-order valence-corrected chi connectivity index (χ2v) is 9.31. The predicted molar refractivity (Wildman–Crippen MR) is 127 cm³/mol. The first-order chi connectivity index (χ1) is 15.8. The third-order valence-corrected chi connectivity index (χ3v) is 6.35. The molecular formula is C26H34FN3O3. The lowest BCUT2D eigenvalue weighted by Crippen LogP contribution is -2.45. The lowest BCUT2D eigenvalue weighted by atomic mass is 9.83. The highest BCUT2D eigenvalue weighted by atomic mass is 19.1. The first-order valence-electron chi connectivity index (χ1n) is 11.5. The molecule has 7 heteroatoms. The Kier molecular flexibility index (Phi) is 8.31. The van der Waals surface area contributed by atoms with Gasteiger partial charge in [0, 0.05) is 30.5 Å². The van der Waals surface area contributed by atoms with Gasteiger partial charge in [0.2, 0.25) is 5.91 Å². The summed E-state index contributed by atoms with van der Waals surface area (Å²) in [4.78, 5) is 24.9. The number of halogens is 1. The lowest BCUT2D eigenvalue weighted by molar-refractivity contribution is -0.126. The number of hydrogen-bond donors (Lipinski definition) is 3. The molecule has 1 saturated carbocycles. The normalized spacial score (nSPS) is 18.3. The standard InChI is InChI=1S/C26H34FN3O3/c1-26(2,22-6-4-5-7-23(22)27)17-29-24(31)19-10-12-20(13-11-19)30-25(32)28-16-18-8-14-21(33-3)15-9-18/h4-9,14-15,19-20H,10-13,16-17H2,1-3H3,(H,29,31)(H2,28,30,32). The number of amides is 3. The van der Waals surface area contributed by atoms with Gasteiger partial charge in [-0.3, -0.25) is 4.79 Å². The van der Waals surface area contributed by atoms with Crippen LogP contribution < -0.4 is 20.7 Å². The maximum atomic E-state index is 14.1. The molecule has 0 aromatic heterocycles. The Balaban J connectivity index is 1.38. The molecular weight excluding hydrogens is 421 g/mol. The maximum Gasteiger partial charge on any atom is 0.315 e. The third kappa shape index (κ3) is 6.94. The summed E-state index contributed by atoms with van der Waals surface area (Å²) in [5, 5.41) is 8.89. The molecule has 0 radical (unpaired) electrons. The minimum atomic E-state index is -0.498. The zero-order valence-electron chi connectivity index (χ0n) is 19.6. The summed E-state index contributed by atoms with van der Waals surface area (Å²) >= 11 is 0. The van der Waals surface area contributed by atoms with Crippen molar-refractivity contribution in [1.29, 1.82) is 0 Å². The number of hydrogen-bond acceptors (Lipinski definition) is 3. The van der Waals surface area contributed by atoms with E-state index in [1.807, 2.05) is 44.2 Å². The van der Waals surface area contributed by atoms with Gasteiger partial charge in [0.15, 0.2) is 0 Å². The van der Waals surface area contributed by atoms with Crippen molar-refractivity contribution in [2.75, 3.05) is 13.7 Å². The fourth-order valence-electron chi connectivity index (χ4n) is 4.22. The molecule has 0 bridgehead atoms. The topological polar surface area (TPSA) is 79.5 Å². The Morgan fingerprint density at radius 1 is 1.00 bits per heavy atom. The molecule has 0 heterocycles. The van der Waals surface area contributed by atoms with Crippen molar-refractivity contribution < 1.29 is 18.7 Å². The molecule has 2 aromatic rings. The highest BCUT2D eigenvalue weighted by Crippen LogP contribution is 2.27. The van der Waals surface area contributed by atoms with Crippen LogP contribution in [-0.2, 0) is 16.8 Å². The Morgan fingerprint density at radius 2 is 1.67 bits per heavy atom. The van der Waals surface area contributed by atoms with E-state index in [9.17, 15) is 14.0 Å². The van der Waals surface area contributed by atoms with Gasteiger partial charge < -0.3 is 20.7 Å². The number of ether oxygens (including phenoxy) is 1. The number of carbonyl (C=O) groups excluding carboxylic acids is 2. The predicted octanol–water partition coefficient (Wildman–Crippen LogP) is 4.29. The summed E-state index contributed by atoms with van der Waals surface area (Å²) in [5.41, 5.74) is 1.09.